The summed E-state index contributed by atoms with van der Waals surface area (Å²) in [4.78, 5) is 0. The molecular weight excluding hydrogens is 328 g/mol. The molecule has 0 aromatic heterocycles. The van der Waals surface area contributed by atoms with E-state index in [0.717, 1.165) is 11.3 Å². The lowest BCUT2D eigenvalue weighted by Gasteiger charge is -2.20. The number of halogens is 3. The van der Waals surface area contributed by atoms with Crippen molar-refractivity contribution in [2.75, 3.05) is 6.61 Å². The molecule has 104 valence electrons. The molecular formula is C15H12BrF2NO. The zero-order valence-corrected chi connectivity index (χ0v) is 12.0. The van der Waals surface area contributed by atoms with Crippen molar-refractivity contribution in [3.63, 3.8) is 0 Å². The fraction of sp³-hybridized carbons (Fsp3) is 0.200. The summed E-state index contributed by atoms with van der Waals surface area (Å²) in [5.74, 6) is -0.822. The van der Waals surface area contributed by atoms with Crippen LogP contribution in [0, 0.1) is 11.6 Å². The molecule has 0 radical (unpaired) electrons. The summed E-state index contributed by atoms with van der Waals surface area (Å²) >= 11 is 3.06. The number of hydrogen-bond acceptors (Lipinski definition) is 2. The normalized spacial score (nSPS) is 18.5. The third-order valence-electron chi connectivity index (χ3n) is 3.58. The van der Waals surface area contributed by atoms with Crippen molar-refractivity contribution >= 4 is 15.9 Å². The van der Waals surface area contributed by atoms with Crippen LogP contribution in [0.3, 0.4) is 0 Å². The molecule has 3 rings (SSSR count). The van der Waals surface area contributed by atoms with Crippen LogP contribution in [0.1, 0.15) is 23.1 Å². The molecule has 0 spiro atoms. The number of ether oxygens (including phenoxy) is 1. The van der Waals surface area contributed by atoms with Gasteiger partial charge in [0.05, 0.1) is 11.1 Å². The third kappa shape index (κ3) is 2.11. The average Bonchev–Trinajstić information content (AvgIpc) is 2.87. The van der Waals surface area contributed by atoms with Crippen LogP contribution in [0.15, 0.2) is 40.9 Å². The second-order valence-corrected chi connectivity index (χ2v) is 5.59. The van der Waals surface area contributed by atoms with E-state index in [2.05, 4.69) is 15.9 Å². The fourth-order valence-corrected chi connectivity index (χ4v) is 2.88. The minimum absolute atomic E-state index is 0.107. The van der Waals surface area contributed by atoms with Gasteiger partial charge in [0.1, 0.15) is 17.4 Å². The molecule has 2 N–H and O–H groups in total. The quantitative estimate of drug-likeness (QED) is 0.842. The van der Waals surface area contributed by atoms with Crippen molar-refractivity contribution in [3.05, 3.63) is 63.6 Å². The van der Waals surface area contributed by atoms with Gasteiger partial charge in [0.2, 0.25) is 0 Å². The van der Waals surface area contributed by atoms with E-state index in [4.69, 9.17) is 10.5 Å². The van der Waals surface area contributed by atoms with Gasteiger partial charge < -0.3 is 10.5 Å². The Morgan fingerprint density at radius 3 is 2.75 bits per heavy atom. The molecule has 20 heavy (non-hydrogen) atoms. The first kappa shape index (κ1) is 13.5. The minimum Gasteiger partial charge on any atom is -0.493 e. The van der Waals surface area contributed by atoms with E-state index in [-0.39, 0.29) is 16.0 Å². The standard InChI is InChI=1S/C15H12BrF2NO/c16-10-5-6-11(17)13(14(10)18)15(19)9-7-20-12-4-2-1-3-8(9)12/h1-6,9,15H,7,19H2. The van der Waals surface area contributed by atoms with E-state index in [0.29, 0.717) is 6.61 Å². The molecule has 0 amide bonds. The number of benzene rings is 2. The van der Waals surface area contributed by atoms with Gasteiger partial charge in [-0.2, -0.15) is 0 Å². The Morgan fingerprint density at radius 2 is 1.95 bits per heavy atom. The molecule has 0 fully saturated rings. The van der Waals surface area contributed by atoms with E-state index >= 15 is 0 Å². The van der Waals surface area contributed by atoms with Crippen molar-refractivity contribution in [3.8, 4) is 5.75 Å². The highest BCUT2D eigenvalue weighted by Crippen LogP contribution is 2.41. The zero-order valence-electron chi connectivity index (χ0n) is 10.4. The summed E-state index contributed by atoms with van der Waals surface area (Å²) in [6.07, 6.45) is 0. The maximum absolute atomic E-state index is 14.1. The van der Waals surface area contributed by atoms with E-state index < -0.39 is 17.7 Å². The summed E-state index contributed by atoms with van der Waals surface area (Å²) in [5, 5.41) is 0. The maximum Gasteiger partial charge on any atom is 0.145 e. The summed E-state index contributed by atoms with van der Waals surface area (Å²) in [6.45, 7) is 0.325. The molecule has 0 aliphatic carbocycles. The Bertz CT molecular complexity index is 662. The first-order valence-corrected chi connectivity index (χ1v) is 6.99. The fourth-order valence-electron chi connectivity index (χ4n) is 2.53. The van der Waals surface area contributed by atoms with E-state index in [1.165, 1.54) is 12.1 Å². The van der Waals surface area contributed by atoms with Gasteiger partial charge in [-0.15, -0.1) is 0 Å². The molecule has 5 heteroatoms. The molecule has 1 aliphatic rings. The van der Waals surface area contributed by atoms with Gasteiger partial charge in [-0.05, 0) is 34.1 Å². The maximum atomic E-state index is 14.1. The Hall–Kier alpha value is -1.46. The Labute approximate surface area is 123 Å². The van der Waals surface area contributed by atoms with Crippen LogP contribution in [0.25, 0.3) is 0 Å². The molecule has 2 unspecified atom stereocenters. The topological polar surface area (TPSA) is 35.2 Å². The lowest BCUT2D eigenvalue weighted by molar-refractivity contribution is 0.311. The first-order chi connectivity index (χ1) is 9.59. The second-order valence-electron chi connectivity index (χ2n) is 4.74. The monoisotopic (exact) mass is 339 g/mol. The predicted octanol–water partition coefficient (Wildman–Crippen LogP) is 3.90. The number of rotatable bonds is 2. The third-order valence-corrected chi connectivity index (χ3v) is 4.20. The van der Waals surface area contributed by atoms with E-state index in [1.807, 2.05) is 24.3 Å². The molecule has 2 aromatic carbocycles. The smallest absolute Gasteiger partial charge is 0.145 e. The van der Waals surface area contributed by atoms with Crippen LogP contribution < -0.4 is 10.5 Å². The highest BCUT2D eigenvalue weighted by atomic mass is 79.9. The van der Waals surface area contributed by atoms with Gasteiger partial charge in [-0.1, -0.05) is 18.2 Å². The molecule has 0 saturated carbocycles. The number of hydrogen-bond donors (Lipinski definition) is 1. The van der Waals surface area contributed by atoms with Crippen LogP contribution in [0.2, 0.25) is 0 Å². The van der Waals surface area contributed by atoms with Crippen molar-refractivity contribution in [2.45, 2.75) is 12.0 Å². The molecule has 1 heterocycles. The number of fused-ring (bicyclic) bond motifs is 1. The van der Waals surface area contributed by atoms with E-state index in [9.17, 15) is 8.78 Å². The molecule has 0 bridgehead atoms. The first-order valence-electron chi connectivity index (χ1n) is 6.20. The molecule has 2 aromatic rings. The highest BCUT2D eigenvalue weighted by Gasteiger charge is 2.33. The lowest BCUT2D eigenvalue weighted by atomic mass is 9.88. The summed E-state index contributed by atoms with van der Waals surface area (Å²) < 4.78 is 33.8. The summed E-state index contributed by atoms with van der Waals surface area (Å²) in [5.41, 5.74) is 6.89. The van der Waals surface area contributed by atoms with Crippen molar-refractivity contribution < 1.29 is 13.5 Å². The molecule has 2 atom stereocenters. The highest BCUT2D eigenvalue weighted by molar-refractivity contribution is 9.10. The minimum atomic E-state index is -0.795. The lowest BCUT2D eigenvalue weighted by Crippen LogP contribution is -2.23. The molecule has 2 nitrogen and oxygen atoms in total. The van der Waals surface area contributed by atoms with Gasteiger partial charge in [0.15, 0.2) is 0 Å². The van der Waals surface area contributed by atoms with Crippen molar-refractivity contribution in [1.29, 1.82) is 0 Å². The van der Waals surface area contributed by atoms with Crippen LogP contribution in [0.5, 0.6) is 5.75 Å². The van der Waals surface area contributed by atoms with Gasteiger partial charge >= 0.3 is 0 Å². The second kappa shape index (κ2) is 5.14. The van der Waals surface area contributed by atoms with Crippen LogP contribution in [-0.4, -0.2) is 6.61 Å². The average molecular weight is 340 g/mol. The van der Waals surface area contributed by atoms with Crippen LogP contribution in [0.4, 0.5) is 8.78 Å². The summed E-state index contributed by atoms with van der Waals surface area (Å²) in [7, 11) is 0. The summed E-state index contributed by atoms with van der Waals surface area (Å²) in [6, 6.07) is 9.17. The number of para-hydroxylation sites is 1. The number of nitrogens with two attached hydrogens (primary N) is 1. The van der Waals surface area contributed by atoms with Gasteiger partial charge in [-0.3, -0.25) is 0 Å². The van der Waals surface area contributed by atoms with Gasteiger partial charge in [-0.25, -0.2) is 8.78 Å². The zero-order chi connectivity index (χ0) is 14.3. The van der Waals surface area contributed by atoms with Crippen molar-refractivity contribution in [1.82, 2.24) is 0 Å². The SMILES string of the molecule is NC(c1c(F)ccc(Br)c1F)C1COc2ccccc21. The largest absolute Gasteiger partial charge is 0.493 e. The van der Waals surface area contributed by atoms with Crippen LogP contribution >= 0.6 is 15.9 Å². The Morgan fingerprint density at radius 1 is 1.20 bits per heavy atom. The molecule has 1 aliphatic heterocycles. The van der Waals surface area contributed by atoms with E-state index in [1.54, 1.807) is 0 Å². The Kier molecular flexibility index (Phi) is 3.48. The van der Waals surface area contributed by atoms with Crippen LogP contribution in [-0.2, 0) is 0 Å². The van der Waals surface area contributed by atoms with Crippen molar-refractivity contribution in [2.24, 2.45) is 5.73 Å². The molecule has 0 saturated heterocycles. The predicted molar refractivity (Wildman–Crippen MR) is 75.7 cm³/mol. The Balaban J connectivity index is 2.03. The van der Waals surface area contributed by atoms with Gasteiger partial charge in [0.25, 0.3) is 0 Å². The van der Waals surface area contributed by atoms with Gasteiger partial charge in [0, 0.05) is 23.1 Å².